The van der Waals surface area contributed by atoms with E-state index in [0.29, 0.717) is 0 Å². The first kappa shape index (κ1) is 27.7. The van der Waals surface area contributed by atoms with Crippen molar-refractivity contribution < 1.29 is 18.0 Å². The summed E-state index contributed by atoms with van der Waals surface area (Å²) in [6.07, 6.45) is 1.27. The number of rotatable bonds is 10. The Bertz CT molecular complexity index is 1320. The lowest BCUT2D eigenvalue weighted by molar-refractivity contribution is -0.139. The number of carbonyl (C=O) groups excluding carboxylic acids is 2. The molecule has 7 nitrogen and oxygen atoms in total. The van der Waals surface area contributed by atoms with Crippen LogP contribution in [0.3, 0.4) is 0 Å². The second-order valence-corrected chi connectivity index (χ2v) is 11.4. The largest absolute Gasteiger partial charge is 0.357 e. The van der Waals surface area contributed by atoms with Gasteiger partial charge in [-0.1, -0.05) is 82.1 Å². The van der Waals surface area contributed by atoms with Crippen LogP contribution in [-0.2, 0) is 32.6 Å². The van der Waals surface area contributed by atoms with Gasteiger partial charge in [-0.15, -0.1) is 0 Å². The van der Waals surface area contributed by atoms with Crippen LogP contribution in [0.2, 0.25) is 5.02 Å². The number of nitrogens with one attached hydrogen (secondary N) is 1. The average Bonchev–Trinajstić information content (AvgIpc) is 2.84. The molecular formula is C26H27BrClN3O4S. The van der Waals surface area contributed by atoms with E-state index in [4.69, 9.17) is 11.6 Å². The number of anilines is 1. The molecule has 0 bridgehead atoms. The summed E-state index contributed by atoms with van der Waals surface area (Å²) >= 11 is 9.72. The monoisotopic (exact) mass is 591 g/mol. The smallest absolute Gasteiger partial charge is 0.244 e. The van der Waals surface area contributed by atoms with Gasteiger partial charge in [-0.25, -0.2) is 8.42 Å². The van der Waals surface area contributed by atoms with Crippen molar-refractivity contribution >= 4 is 55.1 Å². The minimum Gasteiger partial charge on any atom is -0.357 e. The van der Waals surface area contributed by atoms with Crippen LogP contribution in [0, 0.1) is 0 Å². The third-order valence-corrected chi connectivity index (χ3v) is 7.50. The number of halogens is 2. The molecule has 0 aliphatic rings. The quantitative estimate of drug-likeness (QED) is 0.381. The van der Waals surface area contributed by atoms with Crippen LogP contribution in [0.5, 0.6) is 0 Å². The Balaban J connectivity index is 2.04. The van der Waals surface area contributed by atoms with Gasteiger partial charge in [0.15, 0.2) is 0 Å². The Kier molecular flexibility index (Phi) is 9.53. The molecule has 0 unspecified atom stereocenters. The molecule has 10 heteroatoms. The van der Waals surface area contributed by atoms with Gasteiger partial charge in [0.25, 0.3) is 0 Å². The van der Waals surface area contributed by atoms with Gasteiger partial charge in [-0.2, -0.15) is 0 Å². The molecule has 0 saturated heterocycles. The number of para-hydroxylation sites is 1. The molecule has 0 aliphatic heterocycles. The summed E-state index contributed by atoms with van der Waals surface area (Å²) in [7, 11) is -2.36. The third-order valence-electron chi connectivity index (χ3n) is 5.56. The number of benzene rings is 3. The first-order valence-corrected chi connectivity index (χ1v) is 14.1. The number of sulfonamides is 1. The van der Waals surface area contributed by atoms with E-state index in [1.165, 1.54) is 18.0 Å². The zero-order valence-corrected chi connectivity index (χ0v) is 23.1. The maximum absolute atomic E-state index is 13.8. The van der Waals surface area contributed by atoms with Crippen LogP contribution in [0.25, 0.3) is 0 Å². The molecule has 0 fully saturated rings. The molecule has 0 radical (unpaired) electrons. The summed E-state index contributed by atoms with van der Waals surface area (Å²) < 4.78 is 27.2. The number of hydrogen-bond acceptors (Lipinski definition) is 4. The molecule has 0 spiro atoms. The number of nitrogens with zero attached hydrogens (tertiary/aromatic N) is 2. The normalized spacial score (nSPS) is 12.0. The highest BCUT2D eigenvalue weighted by molar-refractivity contribution is 9.10. The topological polar surface area (TPSA) is 86.8 Å². The highest BCUT2D eigenvalue weighted by Gasteiger charge is 2.33. The minimum atomic E-state index is -3.87. The molecule has 2 amide bonds. The van der Waals surface area contributed by atoms with Gasteiger partial charge in [-0.05, 0) is 35.4 Å². The Morgan fingerprint density at radius 2 is 1.61 bits per heavy atom. The second-order valence-electron chi connectivity index (χ2n) is 8.19. The van der Waals surface area contributed by atoms with Gasteiger partial charge in [0.2, 0.25) is 21.8 Å². The van der Waals surface area contributed by atoms with Gasteiger partial charge in [0.05, 0.1) is 17.0 Å². The summed E-state index contributed by atoms with van der Waals surface area (Å²) in [5.74, 6) is -0.893. The van der Waals surface area contributed by atoms with Gasteiger partial charge in [-0.3, -0.25) is 13.9 Å². The first-order valence-electron chi connectivity index (χ1n) is 11.1. The van der Waals surface area contributed by atoms with E-state index in [0.717, 1.165) is 26.2 Å². The third kappa shape index (κ3) is 7.32. The van der Waals surface area contributed by atoms with E-state index in [1.54, 1.807) is 18.2 Å². The van der Waals surface area contributed by atoms with E-state index in [-0.39, 0.29) is 29.6 Å². The van der Waals surface area contributed by atoms with E-state index in [1.807, 2.05) is 54.6 Å². The van der Waals surface area contributed by atoms with Crippen molar-refractivity contribution in [2.45, 2.75) is 19.0 Å². The fourth-order valence-corrected chi connectivity index (χ4v) is 5.40. The lowest BCUT2D eigenvalue weighted by Crippen LogP contribution is -2.52. The van der Waals surface area contributed by atoms with Gasteiger partial charge < -0.3 is 10.2 Å². The van der Waals surface area contributed by atoms with Crippen molar-refractivity contribution in [3.8, 4) is 0 Å². The van der Waals surface area contributed by atoms with Crippen LogP contribution in [0.1, 0.15) is 11.1 Å². The standard InChI is InChI=1S/C26H27BrClN3O4S/c1-29-26(33)24(16-19-9-4-3-5-10-19)30(17-20-11-8-12-21(27)15-20)25(32)18-31(36(2,34)35)23-14-7-6-13-22(23)28/h3-15,24H,16-18H2,1-2H3,(H,29,33)/t24-/m1/s1. The Morgan fingerprint density at radius 3 is 2.22 bits per heavy atom. The van der Waals surface area contributed by atoms with Gasteiger partial charge >= 0.3 is 0 Å². The maximum Gasteiger partial charge on any atom is 0.244 e. The molecule has 190 valence electrons. The highest BCUT2D eigenvalue weighted by Crippen LogP contribution is 2.28. The summed E-state index contributed by atoms with van der Waals surface area (Å²) in [5, 5.41) is 2.84. The van der Waals surface area contributed by atoms with Crippen molar-refractivity contribution in [3.05, 3.63) is 99.5 Å². The Labute approximate surface area is 225 Å². The van der Waals surface area contributed by atoms with Gasteiger partial charge in [0.1, 0.15) is 12.6 Å². The van der Waals surface area contributed by atoms with Crippen molar-refractivity contribution in [2.24, 2.45) is 0 Å². The predicted molar refractivity (Wildman–Crippen MR) is 146 cm³/mol. The van der Waals surface area contributed by atoms with E-state index >= 15 is 0 Å². The van der Waals surface area contributed by atoms with Crippen molar-refractivity contribution in [3.63, 3.8) is 0 Å². The van der Waals surface area contributed by atoms with Crippen molar-refractivity contribution in [1.29, 1.82) is 0 Å². The van der Waals surface area contributed by atoms with E-state index < -0.39 is 28.5 Å². The number of likely N-dealkylation sites (N-methyl/N-ethyl adjacent to an activating group) is 1. The second kappa shape index (κ2) is 12.4. The van der Waals surface area contributed by atoms with Crippen LogP contribution in [0.4, 0.5) is 5.69 Å². The lowest BCUT2D eigenvalue weighted by Gasteiger charge is -2.33. The molecule has 0 heterocycles. The Hall–Kier alpha value is -2.88. The molecule has 0 aromatic heterocycles. The molecule has 3 rings (SSSR count). The molecular weight excluding hydrogens is 566 g/mol. The Morgan fingerprint density at radius 1 is 0.972 bits per heavy atom. The fraction of sp³-hybridized carbons (Fsp3) is 0.231. The van der Waals surface area contributed by atoms with Crippen molar-refractivity contribution in [1.82, 2.24) is 10.2 Å². The number of amides is 2. The van der Waals surface area contributed by atoms with Crippen LogP contribution >= 0.6 is 27.5 Å². The summed E-state index contributed by atoms with van der Waals surface area (Å²) in [4.78, 5) is 28.3. The summed E-state index contributed by atoms with van der Waals surface area (Å²) in [6.45, 7) is -0.415. The lowest BCUT2D eigenvalue weighted by atomic mass is 10.0. The van der Waals surface area contributed by atoms with Crippen LogP contribution in [0.15, 0.2) is 83.3 Å². The minimum absolute atomic E-state index is 0.101. The fourth-order valence-electron chi connectivity index (χ4n) is 3.80. The zero-order valence-electron chi connectivity index (χ0n) is 19.9. The molecule has 36 heavy (non-hydrogen) atoms. The van der Waals surface area contributed by atoms with Gasteiger partial charge in [0, 0.05) is 24.5 Å². The zero-order chi connectivity index (χ0) is 26.3. The average molecular weight is 593 g/mol. The molecule has 1 atom stereocenters. The molecule has 3 aromatic carbocycles. The highest BCUT2D eigenvalue weighted by atomic mass is 79.9. The summed E-state index contributed by atoms with van der Waals surface area (Å²) in [5.41, 5.74) is 1.84. The van der Waals surface area contributed by atoms with Crippen LogP contribution in [-0.4, -0.2) is 51.0 Å². The summed E-state index contributed by atoms with van der Waals surface area (Å²) in [6, 6.07) is 22.3. The molecule has 3 aromatic rings. The first-order chi connectivity index (χ1) is 17.1. The van der Waals surface area contributed by atoms with Crippen LogP contribution < -0.4 is 9.62 Å². The number of carbonyl (C=O) groups is 2. The molecule has 0 aliphatic carbocycles. The SMILES string of the molecule is CNC(=O)[C@@H](Cc1ccccc1)N(Cc1cccc(Br)c1)C(=O)CN(c1ccccc1Cl)S(C)(=O)=O. The number of hydrogen-bond donors (Lipinski definition) is 1. The predicted octanol–water partition coefficient (Wildman–Crippen LogP) is 4.25. The maximum atomic E-state index is 13.8. The molecule has 1 N–H and O–H groups in total. The van der Waals surface area contributed by atoms with E-state index in [2.05, 4.69) is 21.2 Å². The molecule has 0 saturated carbocycles. The van der Waals surface area contributed by atoms with E-state index in [9.17, 15) is 18.0 Å². The van der Waals surface area contributed by atoms with Crippen molar-refractivity contribution in [2.75, 3.05) is 24.2 Å².